The van der Waals surface area contributed by atoms with Gasteiger partial charge in [0.2, 0.25) is 5.88 Å². The molecular weight excluding hydrogens is 258 g/mol. The predicted octanol–water partition coefficient (Wildman–Crippen LogP) is 1.41. The Hall–Kier alpha value is -2.67. The van der Waals surface area contributed by atoms with Crippen LogP contribution in [0.1, 0.15) is 17.4 Å². The molecule has 1 amide bonds. The smallest absolute Gasteiger partial charge is 0.274 e. The minimum Gasteiger partial charge on any atom is -0.478 e. The van der Waals surface area contributed by atoms with Crippen molar-refractivity contribution in [1.29, 1.82) is 0 Å². The lowest BCUT2D eigenvalue weighted by atomic mass is 10.3. The molecule has 2 aromatic heterocycles. The summed E-state index contributed by atoms with van der Waals surface area (Å²) in [6, 6.07) is 8.34. The third kappa shape index (κ3) is 3.42. The maximum absolute atomic E-state index is 12.0. The molecular formula is C13H15N5O2. The van der Waals surface area contributed by atoms with Gasteiger partial charge in [0, 0.05) is 6.07 Å². The van der Waals surface area contributed by atoms with Gasteiger partial charge < -0.3 is 15.5 Å². The van der Waals surface area contributed by atoms with Crippen LogP contribution in [-0.2, 0) is 0 Å². The molecule has 0 aliphatic carbocycles. The van der Waals surface area contributed by atoms with Gasteiger partial charge >= 0.3 is 0 Å². The highest BCUT2D eigenvalue weighted by atomic mass is 16.5. The van der Waals surface area contributed by atoms with Crippen LogP contribution in [0, 0.1) is 0 Å². The van der Waals surface area contributed by atoms with E-state index in [1.54, 1.807) is 30.3 Å². The summed E-state index contributed by atoms with van der Waals surface area (Å²) < 4.78 is 5.22. The number of carbonyl (C=O) groups is 1. The minimum absolute atomic E-state index is 0.259. The van der Waals surface area contributed by atoms with E-state index in [0.717, 1.165) is 0 Å². The number of rotatable bonds is 5. The summed E-state index contributed by atoms with van der Waals surface area (Å²) in [6.45, 7) is 2.42. The molecule has 0 spiro atoms. The van der Waals surface area contributed by atoms with Crippen molar-refractivity contribution in [1.82, 2.24) is 9.97 Å². The number of anilines is 2. The van der Waals surface area contributed by atoms with E-state index in [2.05, 4.69) is 20.7 Å². The molecule has 2 aromatic rings. The molecule has 7 heteroatoms. The Kier molecular flexibility index (Phi) is 4.46. The molecule has 7 nitrogen and oxygen atoms in total. The number of aromatic nitrogens is 2. The average Bonchev–Trinajstić information content (AvgIpc) is 2.49. The number of amides is 1. The van der Waals surface area contributed by atoms with Crippen LogP contribution in [0.2, 0.25) is 0 Å². The molecule has 20 heavy (non-hydrogen) atoms. The standard InChI is InChI=1S/C13H15N5O2/c1-2-20-12-7-6-9(8-15-12)16-13(19)10-4-3-5-11(17-10)18-14/h3-8H,2,14H2,1H3,(H,16,19)(H,17,18). The van der Waals surface area contributed by atoms with Crippen LogP contribution in [0.25, 0.3) is 0 Å². The molecule has 2 rings (SSSR count). The maximum Gasteiger partial charge on any atom is 0.274 e. The van der Waals surface area contributed by atoms with Gasteiger partial charge in [0.05, 0.1) is 18.5 Å². The van der Waals surface area contributed by atoms with Crippen molar-refractivity contribution in [2.75, 3.05) is 17.3 Å². The van der Waals surface area contributed by atoms with Crippen LogP contribution in [0.5, 0.6) is 5.88 Å². The van der Waals surface area contributed by atoms with Crippen molar-refractivity contribution in [3.8, 4) is 5.88 Å². The lowest BCUT2D eigenvalue weighted by molar-refractivity contribution is 0.102. The molecule has 0 saturated carbocycles. The van der Waals surface area contributed by atoms with Crippen LogP contribution in [0.3, 0.4) is 0 Å². The zero-order valence-corrected chi connectivity index (χ0v) is 11.0. The highest BCUT2D eigenvalue weighted by Gasteiger charge is 2.08. The average molecular weight is 273 g/mol. The van der Waals surface area contributed by atoms with Crippen molar-refractivity contribution >= 4 is 17.4 Å². The normalized spacial score (nSPS) is 9.90. The number of hydrogen-bond donors (Lipinski definition) is 3. The summed E-state index contributed by atoms with van der Waals surface area (Å²) in [5.41, 5.74) is 3.21. The quantitative estimate of drug-likeness (QED) is 0.562. The molecule has 0 radical (unpaired) electrons. The highest BCUT2D eigenvalue weighted by molar-refractivity contribution is 6.02. The summed E-state index contributed by atoms with van der Waals surface area (Å²) in [5.74, 6) is 5.84. The molecule has 0 aliphatic heterocycles. The predicted molar refractivity (Wildman–Crippen MR) is 75.4 cm³/mol. The van der Waals surface area contributed by atoms with Gasteiger partial charge in [-0.3, -0.25) is 4.79 Å². The highest BCUT2D eigenvalue weighted by Crippen LogP contribution is 2.13. The Morgan fingerprint density at radius 3 is 2.85 bits per heavy atom. The van der Waals surface area contributed by atoms with Crippen LogP contribution >= 0.6 is 0 Å². The van der Waals surface area contributed by atoms with E-state index in [4.69, 9.17) is 10.6 Å². The van der Waals surface area contributed by atoms with Crippen molar-refractivity contribution in [3.63, 3.8) is 0 Å². The number of pyridine rings is 2. The van der Waals surface area contributed by atoms with Crippen molar-refractivity contribution < 1.29 is 9.53 Å². The lowest BCUT2D eigenvalue weighted by Gasteiger charge is -2.07. The van der Waals surface area contributed by atoms with E-state index in [9.17, 15) is 4.79 Å². The molecule has 0 aromatic carbocycles. The van der Waals surface area contributed by atoms with Gasteiger partial charge in [-0.15, -0.1) is 0 Å². The Morgan fingerprint density at radius 1 is 1.35 bits per heavy atom. The molecule has 0 atom stereocenters. The van der Waals surface area contributed by atoms with E-state index < -0.39 is 0 Å². The number of hydrazine groups is 1. The Bertz CT molecular complexity index is 586. The summed E-state index contributed by atoms with van der Waals surface area (Å²) in [4.78, 5) is 20.1. The van der Waals surface area contributed by atoms with Gasteiger partial charge in [0.1, 0.15) is 11.5 Å². The largest absolute Gasteiger partial charge is 0.478 e. The second-order valence-electron chi connectivity index (χ2n) is 3.82. The molecule has 0 unspecified atom stereocenters. The lowest BCUT2D eigenvalue weighted by Crippen LogP contribution is -2.16. The first kappa shape index (κ1) is 13.8. The first-order valence-corrected chi connectivity index (χ1v) is 6.07. The van der Waals surface area contributed by atoms with Crippen LogP contribution in [0.4, 0.5) is 11.5 Å². The monoisotopic (exact) mass is 273 g/mol. The summed E-state index contributed by atoms with van der Waals surface area (Å²) in [5, 5.41) is 2.69. The minimum atomic E-state index is -0.340. The molecule has 104 valence electrons. The van der Waals surface area contributed by atoms with Crippen molar-refractivity contribution in [3.05, 3.63) is 42.2 Å². The maximum atomic E-state index is 12.0. The number of hydrogen-bond acceptors (Lipinski definition) is 6. The van der Waals surface area contributed by atoms with Gasteiger partial charge in [-0.25, -0.2) is 15.8 Å². The van der Waals surface area contributed by atoms with E-state index in [1.165, 1.54) is 6.20 Å². The molecule has 0 fully saturated rings. The van der Waals surface area contributed by atoms with Gasteiger partial charge in [-0.1, -0.05) is 6.07 Å². The van der Waals surface area contributed by atoms with E-state index in [1.807, 2.05) is 6.92 Å². The fourth-order valence-electron chi connectivity index (χ4n) is 1.52. The first-order valence-electron chi connectivity index (χ1n) is 6.07. The molecule has 0 aliphatic rings. The molecule has 4 N–H and O–H groups in total. The van der Waals surface area contributed by atoms with Crippen molar-refractivity contribution in [2.24, 2.45) is 5.84 Å². The SMILES string of the molecule is CCOc1ccc(NC(=O)c2cccc(NN)n2)cn1. The fraction of sp³-hybridized carbons (Fsp3) is 0.154. The first-order chi connectivity index (χ1) is 9.72. The van der Waals surface area contributed by atoms with Crippen LogP contribution in [-0.4, -0.2) is 22.5 Å². The third-order valence-electron chi connectivity index (χ3n) is 2.42. The van der Waals surface area contributed by atoms with Crippen LogP contribution in [0.15, 0.2) is 36.5 Å². The second-order valence-corrected chi connectivity index (χ2v) is 3.82. The zero-order chi connectivity index (χ0) is 14.4. The Balaban J connectivity index is 2.06. The number of nitrogens with zero attached hydrogens (tertiary/aromatic N) is 2. The van der Waals surface area contributed by atoms with Gasteiger partial charge in [0.15, 0.2) is 0 Å². The van der Waals surface area contributed by atoms with Gasteiger partial charge in [-0.05, 0) is 25.1 Å². The number of nitrogen functional groups attached to an aromatic ring is 1. The van der Waals surface area contributed by atoms with Gasteiger partial charge in [-0.2, -0.15) is 0 Å². The van der Waals surface area contributed by atoms with Crippen LogP contribution < -0.4 is 21.3 Å². The Morgan fingerprint density at radius 2 is 2.20 bits per heavy atom. The topological polar surface area (TPSA) is 102 Å². The number of carbonyl (C=O) groups excluding carboxylic acids is 1. The zero-order valence-electron chi connectivity index (χ0n) is 11.0. The number of nitrogens with two attached hydrogens (primary N) is 1. The van der Waals surface area contributed by atoms with Crippen molar-refractivity contribution in [2.45, 2.75) is 6.92 Å². The van der Waals surface area contributed by atoms with E-state index >= 15 is 0 Å². The second kappa shape index (κ2) is 6.48. The summed E-state index contributed by atoms with van der Waals surface area (Å²) >= 11 is 0. The van der Waals surface area contributed by atoms with E-state index in [0.29, 0.717) is 24.0 Å². The molecule has 0 bridgehead atoms. The fourth-order valence-corrected chi connectivity index (χ4v) is 1.52. The third-order valence-corrected chi connectivity index (χ3v) is 2.42. The molecule has 0 saturated heterocycles. The van der Waals surface area contributed by atoms with E-state index in [-0.39, 0.29) is 11.6 Å². The van der Waals surface area contributed by atoms with Gasteiger partial charge in [0.25, 0.3) is 5.91 Å². The number of nitrogens with one attached hydrogen (secondary N) is 2. The number of ether oxygens (including phenoxy) is 1. The summed E-state index contributed by atoms with van der Waals surface area (Å²) in [6.07, 6.45) is 1.52. The Labute approximate surface area is 116 Å². The summed E-state index contributed by atoms with van der Waals surface area (Å²) in [7, 11) is 0. The molecule has 2 heterocycles.